The molecule has 0 radical (unpaired) electrons. The van der Waals surface area contributed by atoms with E-state index in [-0.39, 0.29) is 17.5 Å². The zero-order chi connectivity index (χ0) is 16.1. The minimum Gasteiger partial charge on any atom is -0.497 e. The number of fused-ring (bicyclic) bond motifs is 1. The van der Waals surface area contributed by atoms with Gasteiger partial charge in [-0.3, -0.25) is 4.79 Å². The third kappa shape index (κ3) is 2.34. The van der Waals surface area contributed by atoms with Gasteiger partial charge in [-0.2, -0.15) is 0 Å². The second-order valence-electron chi connectivity index (χ2n) is 5.45. The van der Waals surface area contributed by atoms with E-state index in [2.05, 4.69) is 47.1 Å². The second kappa shape index (κ2) is 5.06. The summed E-state index contributed by atoms with van der Waals surface area (Å²) in [6, 6.07) is 5.25. The number of nitrogens with zero attached hydrogens (tertiary/aromatic N) is 2. The molecule has 1 atom stereocenters. The van der Waals surface area contributed by atoms with Gasteiger partial charge in [0.25, 0.3) is 5.91 Å². The topological polar surface area (TPSA) is 87.0 Å². The molecule has 1 fully saturated rings. The number of hydrogen-bond donors (Lipinski definition) is 2. The molecule has 0 spiro atoms. The molecule has 0 saturated heterocycles. The van der Waals surface area contributed by atoms with Crippen molar-refractivity contribution in [3.05, 3.63) is 18.2 Å². The van der Waals surface area contributed by atoms with Crippen LogP contribution in [0.25, 0.3) is 10.9 Å². The Labute approximate surface area is 143 Å². The van der Waals surface area contributed by atoms with Gasteiger partial charge in [-0.1, -0.05) is 31.9 Å². The summed E-state index contributed by atoms with van der Waals surface area (Å²) in [6.07, 6.45) is 0.630. The van der Waals surface area contributed by atoms with Crippen LogP contribution in [0.15, 0.2) is 28.4 Å². The van der Waals surface area contributed by atoms with Crippen LogP contribution in [-0.4, -0.2) is 26.3 Å². The van der Waals surface area contributed by atoms with Crippen LogP contribution in [0.4, 0.5) is 5.69 Å². The highest BCUT2D eigenvalue weighted by atomic mass is 79.9. The number of H-pyrrole nitrogens is 1. The fourth-order valence-corrected chi connectivity index (χ4v) is 3.67. The molecule has 3 rings (SSSR count). The number of nitrogens with one attached hydrogen (secondary N) is 1. The van der Waals surface area contributed by atoms with Crippen molar-refractivity contribution in [3.8, 4) is 11.6 Å². The van der Waals surface area contributed by atoms with Crippen molar-refractivity contribution in [2.45, 2.75) is 16.6 Å². The maximum Gasteiger partial charge on any atom is 0.272 e. The number of methoxy groups -OCH3 is 1. The molecule has 2 N–H and O–H groups in total. The smallest absolute Gasteiger partial charge is 0.272 e. The third-order valence-corrected chi connectivity index (χ3v) is 6.24. The lowest BCUT2D eigenvalue weighted by molar-refractivity contribution is -0.122. The van der Waals surface area contributed by atoms with E-state index >= 15 is 0 Å². The Hall–Kier alpha value is -1.41. The molecule has 22 heavy (non-hydrogen) atoms. The molecule has 1 aromatic carbocycles. The number of ether oxygens (including phenoxy) is 1. The summed E-state index contributed by atoms with van der Waals surface area (Å²) in [4.78, 5) is 15.0. The van der Waals surface area contributed by atoms with Gasteiger partial charge in [-0.25, -0.2) is 0 Å². The van der Waals surface area contributed by atoms with Gasteiger partial charge in [0.05, 0.1) is 21.3 Å². The van der Waals surface area contributed by atoms with Crippen LogP contribution in [0, 0.1) is 5.41 Å². The fraction of sp³-hybridized carbons (Fsp3) is 0.357. The number of aromatic hydroxyl groups is 1. The van der Waals surface area contributed by atoms with E-state index in [9.17, 15) is 9.90 Å². The molecule has 2 aromatic rings. The summed E-state index contributed by atoms with van der Waals surface area (Å²) in [7, 11) is 1.55. The van der Waals surface area contributed by atoms with E-state index < -0.39 is 8.65 Å². The summed E-state index contributed by atoms with van der Waals surface area (Å²) in [6.45, 7) is 1.80. The number of aromatic nitrogens is 1. The molecule has 116 valence electrons. The lowest BCUT2D eigenvalue weighted by Gasteiger charge is -2.05. The molecule has 1 aliphatic carbocycles. The van der Waals surface area contributed by atoms with Crippen LogP contribution < -0.4 is 4.74 Å². The maximum absolute atomic E-state index is 12.2. The first kappa shape index (κ1) is 15.5. The van der Waals surface area contributed by atoms with Crippen LogP contribution in [0.3, 0.4) is 0 Å². The van der Waals surface area contributed by atoms with Crippen molar-refractivity contribution in [3.63, 3.8) is 0 Å². The van der Waals surface area contributed by atoms with Gasteiger partial charge in [-0.05, 0) is 31.5 Å². The van der Waals surface area contributed by atoms with Crippen molar-refractivity contribution < 1.29 is 14.6 Å². The lowest BCUT2D eigenvalue weighted by Crippen LogP contribution is -2.14. The first-order chi connectivity index (χ1) is 10.3. The summed E-state index contributed by atoms with van der Waals surface area (Å²) in [5, 5.41) is 18.3. The Morgan fingerprint density at radius 2 is 2.14 bits per heavy atom. The first-order valence-electron chi connectivity index (χ1n) is 6.51. The Morgan fingerprint density at radius 1 is 1.45 bits per heavy atom. The van der Waals surface area contributed by atoms with E-state index in [4.69, 9.17) is 4.74 Å². The highest BCUT2D eigenvalue weighted by Gasteiger charge is 2.67. The molecule has 1 unspecified atom stereocenters. The molecule has 6 nitrogen and oxygen atoms in total. The minimum atomic E-state index is -0.629. The molecule has 1 saturated carbocycles. The highest BCUT2D eigenvalue weighted by molar-refractivity contribution is 9.25. The van der Waals surface area contributed by atoms with Crippen LogP contribution in [0.5, 0.6) is 11.6 Å². The van der Waals surface area contributed by atoms with Gasteiger partial charge in [0.1, 0.15) is 5.75 Å². The van der Waals surface area contributed by atoms with Crippen LogP contribution in [-0.2, 0) is 4.79 Å². The summed E-state index contributed by atoms with van der Waals surface area (Å²) in [5.74, 6) is 0.144. The first-order valence-corrected chi connectivity index (χ1v) is 8.10. The number of carbonyl (C=O) groups excluding carboxylic acids is 1. The SMILES string of the molecule is COc1ccc2[nH]c(O)c(N=NC(=O)C3(C)CC3(Br)Br)c2c1. The normalized spacial score (nSPS) is 23.1. The van der Waals surface area contributed by atoms with Gasteiger partial charge in [0.2, 0.25) is 5.88 Å². The van der Waals surface area contributed by atoms with Crippen LogP contribution in [0.2, 0.25) is 0 Å². The predicted molar refractivity (Wildman–Crippen MR) is 89.3 cm³/mol. The molecular formula is C14H13Br2N3O3. The third-order valence-electron chi connectivity index (χ3n) is 3.93. The van der Waals surface area contributed by atoms with Crippen molar-refractivity contribution in [2.24, 2.45) is 15.6 Å². The monoisotopic (exact) mass is 429 g/mol. The Kier molecular flexibility index (Phi) is 3.56. The van der Waals surface area contributed by atoms with Crippen molar-refractivity contribution in [1.29, 1.82) is 0 Å². The van der Waals surface area contributed by atoms with Gasteiger partial charge >= 0.3 is 0 Å². The zero-order valence-corrected chi connectivity index (χ0v) is 15.0. The number of rotatable bonds is 3. The van der Waals surface area contributed by atoms with E-state index in [0.717, 1.165) is 0 Å². The van der Waals surface area contributed by atoms with Gasteiger partial charge in [-0.15, -0.1) is 10.2 Å². The Balaban J connectivity index is 1.95. The number of amides is 1. The van der Waals surface area contributed by atoms with E-state index in [1.807, 2.05) is 0 Å². The van der Waals surface area contributed by atoms with Crippen molar-refractivity contribution >= 4 is 54.4 Å². The average molecular weight is 431 g/mol. The Bertz CT molecular complexity index is 800. The van der Waals surface area contributed by atoms with E-state index in [0.29, 0.717) is 23.1 Å². The molecule has 8 heteroatoms. The standard InChI is InChI=1S/C14H13Br2N3O3/c1-13(6-14(13,15)16)12(21)19-18-10-8-5-7(22-2)3-4-9(8)17-11(10)20/h3-5,17,20H,6H2,1-2H3. The van der Waals surface area contributed by atoms with E-state index in [1.54, 1.807) is 32.2 Å². The molecule has 1 heterocycles. The number of halogens is 2. The zero-order valence-electron chi connectivity index (χ0n) is 11.9. The summed E-state index contributed by atoms with van der Waals surface area (Å²) in [5.41, 5.74) is 0.282. The second-order valence-corrected chi connectivity index (χ2v) is 9.22. The number of alkyl halides is 2. The molecule has 0 bridgehead atoms. The molecule has 1 aromatic heterocycles. The molecule has 1 amide bonds. The number of azo groups is 1. The number of carbonyl (C=O) groups is 1. The summed E-state index contributed by atoms with van der Waals surface area (Å²) >= 11 is 6.85. The molecular weight excluding hydrogens is 418 g/mol. The fourth-order valence-electron chi connectivity index (χ4n) is 2.21. The number of hydrogen-bond acceptors (Lipinski definition) is 4. The molecule has 0 aliphatic heterocycles. The summed E-state index contributed by atoms with van der Waals surface area (Å²) < 4.78 is 4.73. The Morgan fingerprint density at radius 3 is 2.73 bits per heavy atom. The van der Waals surface area contributed by atoms with Crippen molar-refractivity contribution in [2.75, 3.05) is 7.11 Å². The highest BCUT2D eigenvalue weighted by Crippen LogP contribution is 2.66. The average Bonchev–Trinajstić information content (AvgIpc) is 2.85. The lowest BCUT2D eigenvalue weighted by atomic mass is 10.1. The number of benzene rings is 1. The van der Waals surface area contributed by atoms with Gasteiger partial charge in [0.15, 0.2) is 5.69 Å². The van der Waals surface area contributed by atoms with Crippen LogP contribution in [0.1, 0.15) is 13.3 Å². The predicted octanol–water partition coefficient (Wildman–Crippen LogP) is 4.39. The molecule has 1 aliphatic rings. The quantitative estimate of drug-likeness (QED) is 0.559. The maximum atomic E-state index is 12.2. The van der Waals surface area contributed by atoms with Gasteiger partial charge in [0, 0.05) is 5.39 Å². The largest absolute Gasteiger partial charge is 0.497 e. The van der Waals surface area contributed by atoms with Gasteiger partial charge < -0.3 is 14.8 Å². The minimum absolute atomic E-state index is 0.135. The number of aromatic amines is 1. The van der Waals surface area contributed by atoms with E-state index in [1.165, 1.54) is 0 Å². The van der Waals surface area contributed by atoms with Crippen molar-refractivity contribution in [1.82, 2.24) is 4.98 Å². The van der Waals surface area contributed by atoms with Crippen LogP contribution >= 0.6 is 31.9 Å².